The van der Waals surface area contributed by atoms with E-state index >= 15 is 0 Å². The summed E-state index contributed by atoms with van der Waals surface area (Å²) in [5, 5.41) is 5.87. The number of hydrogen-bond donors (Lipinski definition) is 2. The fourth-order valence-electron chi connectivity index (χ4n) is 3.89. The molecule has 1 atom stereocenters. The van der Waals surface area contributed by atoms with Crippen LogP contribution in [0.1, 0.15) is 44.1 Å². The van der Waals surface area contributed by atoms with E-state index in [-0.39, 0.29) is 30.3 Å². The van der Waals surface area contributed by atoms with Crippen LogP contribution >= 0.6 is 0 Å². The predicted octanol–water partition coefficient (Wildman–Crippen LogP) is 2.07. The molecule has 2 amide bonds. The van der Waals surface area contributed by atoms with Gasteiger partial charge in [-0.25, -0.2) is 0 Å². The first-order valence-electron chi connectivity index (χ1n) is 9.54. The van der Waals surface area contributed by atoms with Gasteiger partial charge in [-0.3, -0.25) is 14.5 Å². The largest absolute Gasteiger partial charge is 0.350 e. The normalized spacial score (nSPS) is 21.8. The van der Waals surface area contributed by atoms with Crippen LogP contribution in [0.4, 0.5) is 0 Å². The Bertz CT molecular complexity index is 570. The van der Waals surface area contributed by atoms with E-state index in [0.29, 0.717) is 0 Å². The van der Waals surface area contributed by atoms with Gasteiger partial charge in [-0.15, -0.1) is 0 Å². The summed E-state index contributed by atoms with van der Waals surface area (Å²) < 4.78 is 0. The van der Waals surface area contributed by atoms with Crippen LogP contribution in [0, 0.1) is 5.92 Å². The van der Waals surface area contributed by atoms with Gasteiger partial charge in [0.25, 0.3) is 0 Å². The van der Waals surface area contributed by atoms with Crippen LogP contribution < -0.4 is 10.6 Å². The highest BCUT2D eigenvalue weighted by Gasteiger charge is 2.25. The molecule has 1 aromatic carbocycles. The molecule has 3 rings (SSSR count). The highest BCUT2D eigenvalue weighted by Crippen LogP contribution is 2.23. The molecule has 0 spiro atoms. The van der Waals surface area contributed by atoms with Crippen molar-refractivity contribution in [2.24, 2.45) is 5.92 Å². The minimum atomic E-state index is -0.0734. The molecule has 2 aliphatic rings. The summed E-state index contributed by atoms with van der Waals surface area (Å²) in [6.07, 6.45) is 6.38. The molecule has 0 radical (unpaired) electrons. The first-order valence-corrected chi connectivity index (χ1v) is 9.54. The summed E-state index contributed by atoms with van der Waals surface area (Å²) in [5.41, 5.74) is 1.30. The Morgan fingerprint density at radius 3 is 2.56 bits per heavy atom. The molecule has 1 saturated heterocycles. The standard InChI is InChI=1S/C20H29N3O2/c24-19(13-21-20(25)17-9-5-2-6-10-17)22-18-11-12-23(15-18)14-16-7-3-1-4-8-16/h1,3-4,7-8,17-18H,2,5-6,9-15H2,(H,21,25)(H,22,24)/t18-/m1/s1. The van der Waals surface area contributed by atoms with Gasteiger partial charge in [0.05, 0.1) is 6.54 Å². The summed E-state index contributed by atoms with van der Waals surface area (Å²) in [5.74, 6) is 0.0806. The lowest BCUT2D eigenvalue weighted by Gasteiger charge is -2.21. The molecular weight excluding hydrogens is 314 g/mol. The van der Waals surface area contributed by atoms with Crippen molar-refractivity contribution in [3.8, 4) is 0 Å². The number of amides is 2. The van der Waals surface area contributed by atoms with Crippen LogP contribution in [0.15, 0.2) is 30.3 Å². The molecule has 0 aromatic heterocycles. The Balaban J connectivity index is 1.35. The van der Waals surface area contributed by atoms with Crippen molar-refractivity contribution >= 4 is 11.8 Å². The molecule has 1 aliphatic heterocycles. The molecule has 0 bridgehead atoms. The van der Waals surface area contributed by atoms with Crippen molar-refractivity contribution in [3.05, 3.63) is 35.9 Å². The van der Waals surface area contributed by atoms with Crippen molar-refractivity contribution in [1.82, 2.24) is 15.5 Å². The van der Waals surface area contributed by atoms with E-state index in [9.17, 15) is 9.59 Å². The molecule has 1 aromatic rings. The fraction of sp³-hybridized carbons (Fsp3) is 0.600. The number of carbonyl (C=O) groups excluding carboxylic acids is 2. The summed E-state index contributed by atoms with van der Waals surface area (Å²) in [6.45, 7) is 2.89. The SMILES string of the molecule is O=C(CNC(=O)C1CCCCC1)N[C@@H]1CCN(Cc2ccccc2)C1. The van der Waals surface area contributed by atoms with Gasteiger partial charge in [0.2, 0.25) is 11.8 Å². The molecule has 2 fully saturated rings. The highest BCUT2D eigenvalue weighted by molar-refractivity contribution is 5.85. The van der Waals surface area contributed by atoms with Crippen LogP contribution in [0.2, 0.25) is 0 Å². The number of carbonyl (C=O) groups is 2. The summed E-state index contributed by atoms with van der Waals surface area (Å²) in [4.78, 5) is 26.6. The predicted molar refractivity (Wildman–Crippen MR) is 97.9 cm³/mol. The number of nitrogens with one attached hydrogen (secondary N) is 2. The van der Waals surface area contributed by atoms with Gasteiger partial charge in [-0.2, -0.15) is 0 Å². The minimum Gasteiger partial charge on any atom is -0.350 e. The summed E-state index contributed by atoms with van der Waals surface area (Å²) in [6, 6.07) is 10.6. The Kier molecular flexibility index (Phi) is 6.45. The van der Waals surface area contributed by atoms with Gasteiger partial charge in [0.1, 0.15) is 0 Å². The minimum absolute atomic E-state index is 0.0481. The Labute approximate surface area is 150 Å². The van der Waals surface area contributed by atoms with Crippen LogP contribution in [-0.2, 0) is 16.1 Å². The van der Waals surface area contributed by atoms with Crippen molar-refractivity contribution < 1.29 is 9.59 Å². The Hall–Kier alpha value is -1.88. The average molecular weight is 343 g/mol. The molecule has 25 heavy (non-hydrogen) atoms. The van der Waals surface area contributed by atoms with Crippen molar-refractivity contribution in [3.63, 3.8) is 0 Å². The van der Waals surface area contributed by atoms with E-state index in [4.69, 9.17) is 0 Å². The zero-order chi connectivity index (χ0) is 17.5. The lowest BCUT2D eigenvalue weighted by atomic mass is 9.89. The van der Waals surface area contributed by atoms with E-state index in [1.165, 1.54) is 12.0 Å². The van der Waals surface area contributed by atoms with Crippen LogP contribution in [0.5, 0.6) is 0 Å². The van der Waals surface area contributed by atoms with E-state index < -0.39 is 0 Å². The molecule has 136 valence electrons. The van der Waals surface area contributed by atoms with Gasteiger partial charge < -0.3 is 10.6 Å². The third-order valence-corrected chi connectivity index (χ3v) is 5.29. The number of rotatable bonds is 6. The molecule has 0 unspecified atom stereocenters. The smallest absolute Gasteiger partial charge is 0.239 e. The van der Waals surface area contributed by atoms with E-state index in [1.807, 2.05) is 6.07 Å². The van der Waals surface area contributed by atoms with Gasteiger partial charge in [-0.1, -0.05) is 49.6 Å². The topological polar surface area (TPSA) is 61.4 Å². The summed E-state index contributed by atoms with van der Waals surface area (Å²) >= 11 is 0. The van der Waals surface area contributed by atoms with Gasteiger partial charge in [0, 0.05) is 31.6 Å². The molecule has 1 aliphatic carbocycles. The second kappa shape index (κ2) is 8.99. The summed E-state index contributed by atoms with van der Waals surface area (Å²) in [7, 11) is 0. The zero-order valence-corrected chi connectivity index (χ0v) is 14.9. The maximum atomic E-state index is 12.1. The first kappa shape index (κ1) is 17.9. The van der Waals surface area contributed by atoms with Gasteiger partial charge in [0.15, 0.2) is 0 Å². The lowest BCUT2D eigenvalue weighted by molar-refractivity contribution is -0.129. The average Bonchev–Trinajstić information content (AvgIpc) is 3.08. The number of benzene rings is 1. The number of likely N-dealkylation sites (tertiary alicyclic amines) is 1. The van der Waals surface area contributed by atoms with E-state index in [2.05, 4.69) is 39.8 Å². The highest BCUT2D eigenvalue weighted by atomic mass is 16.2. The maximum absolute atomic E-state index is 12.1. The lowest BCUT2D eigenvalue weighted by Crippen LogP contribution is -2.44. The maximum Gasteiger partial charge on any atom is 0.239 e. The molecule has 2 N–H and O–H groups in total. The van der Waals surface area contributed by atoms with Crippen molar-refractivity contribution in [2.45, 2.75) is 51.1 Å². The van der Waals surface area contributed by atoms with Crippen molar-refractivity contribution in [1.29, 1.82) is 0 Å². The van der Waals surface area contributed by atoms with Crippen LogP contribution in [0.25, 0.3) is 0 Å². The van der Waals surface area contributed by atoms with Gasteiger partial charge >= 0.3 is 0 Å². The fourth-order valence-corrected chi connectivity index (χ4v) is 3.89. The Morgan fingerprint density at radius 2 is 1.80 bits per heavy atom. The zero-order valence-electron chi connectivity index (χ0n) is 14.9. The van der Waals surface area contributed by atoms with Crippen LogP contribution in [-0.4, -0.2) is 42.4 Å². The second-order valence-corrected chi connectivity index (χ2v) is 7.33. The molecule has 5 nitrogen and oxygen atoms in total. The molecular formula is C20H29N3O2. The first-order chi connectivity index (χ1) is 12.2. The Morgan fingerprint density at radius 1 is 1.04 bits per heavy atom. The number of hydrogen-bond acceptors (Lipinski definition) is 3. The van der Waals surface area contributed by atoms with E-state index in [0.717, 1.165) is 51.7 Å². The van der Waals surface area contributed by atoms with Crippen LogP contribution in [0.3, 0.4) is 0 Å². The van der Waals surface area contributed by atoms with Gasteiger partial charge in [-0.05, 0) is 24.8 Å². The van der Waals surface area contributed by atoms with E-state index in [1.54, 1.807) is 0 Å². The quantitative estimate of drug-likeness (QED) is 0.831. The third kappa shape index (κ3) is 5.56. The molecule has 1 saturated carbocycles. The molecule has 1 heterocycles. The van der Waals surface area contributed by atoms with Crippen molar-refractivity contribution in [2.75, 3.05) is 19.6 Å². The monoisotopic (exact) mass is 343 g/mol. The molecule has 5 heteroatoms. The number of nitrogens with zero attached hydrogens (tertiary/aromatic N) is 1. The third-order valence-electron chi connectivity index (χ3n) is 5.29. The second-order valence-electron chi connectivity index (χ2n) is 7.33.